The Kier molecular flexibility index (Phi) is 9.72. The summed E-state index contributed by atoms with van der Waals surface area (Å²) >= 11 is 9.84. The summed E-state index contributed by atoms with van der Waals surface area (Å²) in [6.07, 6.45) is 11.9. The van der Waals surface area contributed by atoms with Crippen molar-refractivity contribution in [3.63, 3.8) is 0 Å². The zero-order chi connectivity index (χ0) is 22.4. The van der Waals surface area contributed by atoms with Gasteiger partial charge in [0.2, 0.25) is 10.0 Å². The molecule has 0 radical (unpaired) electrons. The zero-order valence-electron chi connectivity index (χ0n) is 19.0. The molecule has 0 bridgehead atoms. The van der Waals surface area contributed by atoms with Crippen LogP contribution >= 0.6 is 27.5 Å². The number of rotatable bonds is 9. The molecule has 176 valence electrons. The summed E-state index contributed by atoms with van der Waals surface area (Å²) in [6, 6.07) is 6.31. The fourth-order valence-corrected chi connectivity index (χ4v) is 7.34. The lowest BCUT2D eigenvalue weighted by Crippen LogP contribution is -2.41. The Bertz CT molecular complexity index is 804. The van der Waals surface area contributed by atoms with Crippen molar-refractivity contribution in [3.05, 3.63) is 33.3 Å². The molecule has 1 aliphatic carbocycles. The maximum Gasteiger partial charge on any atom is 0.211 e. The largest absolute Gasteiger partial charge is 0.303 e. The molecule has 1 aliphatic heterocycles. The van der Waals surface area contributed by atoms with Crippen molar-refractivity contribution in [2.75, 3.05) is 32.4 Å². The molecule has 3 rings (SSSR count). The summed E-state index contributed by atoms with van der Waals surface area (Å²) in [5.74, 6) is 1.52. The lowest BCUT2D eigenvalue weighted by molar-refractivity contribution is 0.169. The fraction of sp³-hybridized carbons (Fsp3) is 0.750. The predicted molar refractivity (Wildman–Crippen MR) is 134 cm³/mol. The second-order valence-electron chi connectivity index (χ2n) is 9.51. The number of halogens is 2. The first-order valence-corrected chi connectivity index (χ1v) is 14.9. The number of piperidine rings is 1. The summed E-state index contributed by atoms with van der Waals surface area (Å²) in [7, 11) is -3.08. The van der Waals surface area contributed by atoms with Crippen LogP contribution < -0.4 is 0 Å². The molecular weight excluding hydrogens is 496 g/mol. The van der Waals surface area contributed by atoms with E-state index in [1.807, 2.05) is 13.0 Å². The van der Waals surface area contributed by atoms with E-state index in [-0.39, 0.29) is 6.04 Å². The van der Waals surface area contributed by atoms with Crippen molar-refractivity contribution in [1.82, 2.24) is 9.21 Å². The minimum absolute atomic E-state index is 0.217. The Morgan fingerprint density at radius 1 is 1.10 bits per heavy atom. The molecule has 0 aromatic heterocycles. The van der Waals surface area contributed by atoms with Gasteiger partial charge in [0.1, 0.15) is 0 Å². The normalized spacial score (nSPS) is 24.0. The molecule has 4 nitrogen and oxygen atoms in total. The van der Waals surface area contributed by atoms with Crippen LogP contribution in [0.25, 0.3) is 0 Å². The quantitative estimate of drug-likeness (QED) is 0.392. The van der Waals surface area contributed by atoms with E-state index in [2.05, 4.69) is 33.0 Å². The number of nitrogens with zero attached hydrogens (tertiary/aromatic N) is 2. The van der Waals surface area contributed by atoms with Crippen molar-refractivity contribution in [3.8, 4) is 0 Å². The maximum absolute atomic E-state index is 12.0. The van der Waals surface area contributed by atoms with Gasteiger partial charge < -0.3 is 4.90 Å². The molecule has 1 heterocycles. The van der Waals surface area contributed by atoms with E-state index in [1.165, 1.54) is 74.5 Å². The van der Waals surface area contributed by atoms with Gasteiger partial charge in [0.25, 0.3) is 0 Å². The first-order valence-electron chi connectivity index (χ1n) is 11.9. The Labute approximate surface area is 202 Å². The Hall–Kier alpha value is -0.140. The molecule has 1 aromatic carbocycles. The second kappa shape index (κ2) is 11.8. The van der Waals surface area contributed by atoms with Crippen LogP contribution in [0.3, 0.4) is 0 Å². The van der Waals surface area contributed by atoms with Gasteiger partial charge in [-0.2, -0.15) is 4.31 Å². The van der Waals surface area contributed by atoms with Crippen LogP contribution in [0.15, 0.2) is 22.7 Å². The van der Waals surface area contributed by atoms with Gasteiger partial charge in [-0.05, 0) is 113 Å². The first kappa shape index (κ1) is 25.5. The first-order chi connectivity index (χ1) is 14.8. The smallest absolute Gasteiger partial charge is 0.211 e. The Morgan fingerprint density at radius 3 is 2.39 bits per heavy atom. The molecule has 0 spiro atoms. The molecule has 0 N–H and O–H groups in total. The third kappa shape index (κ3) is 7.70. The van der Waals surface area contributed by atoms with E-state index in [4.69, 9.17) is 11.6 Å². The van der Waals surface area contributed by atoms with Crippen molar-refractivity contribution >= 4 is 37.6 Å². The van der Waals surface area contributed by atoms with Crippen molar-refractivity contribution in [1.29, 1.82) is 0 Å². The summed E-state index contributed by atoms with van der Waals surface area (Å²) in [6.45, 7) is 6.16. The summed E-state index contributed by atoms with van der Waals surface area (Å²) < 4.78 is 26.8. The highest BCUT2D eigenvalue weighted by molar-refractivity contribution is 9.10. The molecular formula is C24H38BrClN2O2S. The molecule has 7 heteroatoms. The van der Waals surface area contributed by atoms with E-state index in [1.54, 1.807) is 4.31 Å². The van der Waals surface area contributed by atoms with Crippen LogP contribution in [-0.2, 0) is 16.4 Å². The number of sulfonamides is 1. The van der Waals surface area contributed by atoms with E-state index in [9.17, 15) is 8.42 Å². The van der Waals surface area contributed by atoms with E-state index >= 15 is 0 Å². The van der Waals surface area contributed by atoms with E-state index < -0.39 is 10.0 Å². The molecule has 0 atom stereocenters. The minimum Gasteiger partial charge on any atom is -0.303 e. The van der Waals surface area contributed by atoms with Crippen LogP contribution in [0.1, 0.15) is 63.9 Å². The SMILES string of the molecule is CCN(C1CCC(CCCN2CCC(Cc3cc(Cl)ccc3Br)CC2)CC1)S(C)(=O)=O. The molecule has 1 saturated heterocycles. The number of hydrogen-bond donors (Lipinski definition) is 0. The van der Waals surface area contributed by atoms with Gasteiger partial charge in [-0.3, -0.25) is 0 Å². The molecule has 0 unspecified atom stereocenters. The second-order valence-corrected chi connectivity index (χ2v) is 12.7. The van der Waals surface area contributed by atoms with E-state index in [0.717, 1.165) is 36.1 Å². The minimum atomic E-state index is -3.08. The standard InChI is InChI=1S/C24H38BrClN2O2S/c1-3-28(31(2,29)30)23-9-6-19(7-10-23)5-4-14-27-15-12-20(13-16-27)17-21-18-22(26)8-11-24(21)25/h8,11,18-20,23H,3-7,9-10,12-17H2,1-2H3. The average Bonchev–Trinajstić information content (AvgIpc) is 2.73. The predicted octanol–water partition coefficient (Wildman–Crippen LogP) is 5.98. The van der Waals surface area contributed by atoms with Crippen molar-refractivity contribution in [2.24, 2.45) is 11.8 Å². The Balaban J connectivity index is 1.32. The fourth-order valence-electron chi connectivity index (χ4n) is 5.51. The molecule has 2 aliphatic rings. The number of benzene rings is 1. The topological polar surface area (TPSA) is 40.6 Å². The number of hydrogen-bond acceptors (Lipinski definition) is 3. The highest BCUT2D eigenvalue weighted by Crippen LogP contribution is 2.32. The van der Waals surface area contributed by atoms with Crippen LogP contribution in [-0.4, -0.2) is 56.1 Å². The lowest BCUT2D eigenvalue weighted by atomic mass is 9.83. The van der Waals surface area contributed by atoms with Crippen LogP contribution in [0, 0.1) is 11.8 Å². The summed E-state index contributed by atoms with van der Waals surface area (Å²) in [4.78, 5) is 2.64. The highest BCUT2D eigenvalue weighted by atomic mass is 79.9. The molecule has 2 fully saturated rings. The number of likely N-dealkylation sites (tertiary alicyclic amines) is 1. The third-order valence-electron chi connectivity index (χ3n) is 7.27. The van der Waals surface area contributed by atoms with Gasteiger partial charge in [0.15, 0.2) is 0 Å². The summed E-state index contributed by atoms with van der Waals surface area (Å²) in [5.41, 5.74) is 1.33. The van der Waals surface area contributed by atoms with E-state index in [0.29, 0.717) is 6.54 Å². The average molecular weight is 534 g/mol. The Morgan fingerprint density at radius 2 is 1.77 bits per heavy atom. The summed E-state index contributed by atoms with van der Waals surface area (Å²) in [5, 5.41) is 0.823. The lowest BCUT2D eigenvalue weighted by Gasteiger charge is -2.35. The molecule has 31 heavy (non-hydrogen) atoms. The molecule has 0 amide bonds. The van der Waals surface area contributed by atoms with Gasteiger partial charge in [0, 0.05) is 22.1 Å². The third-order valence-corrected chi connectivity index (χ3v) is 9.69. The van der Waals surface area contributed by atoms with Gasteiger partial charge in [0.05, 0.1) is 6.26 Å². The van der Waals surface area contributed by atoms with Crippen molar-refractivity contribution < 1.29 is 8.42 Å². The van der Waals surface area contributed by atoms with Gasteiger partial charge in [-0.15, -0.1) is 0 Å². The monoisotopic (exact) mass is 532 g/mol. The molecule has 1 aromatic rings. The van der Waals surface area contributed by atoms with Gasteiger partial charge in [-0.25, -0.2) is 8.42 Å². The van der Waals surface area contributed by atoms with Crippen molar-refractivity contribution in [2.45, 2.75) is 70.8 Å². The van der Waals surface area contributed by atoms with Crippen LogP contribution in [0.2, 0.25) is 5.02 Å². The zero-order valence-corrected chi connectivity index (χ0v) is 22.2. The highest BCUT2D eigenvalue weighted by Gasteiger charge is 2.29. The molecule has 1 saturated carbocycles. The maximum atomic E-state index is 12.0. The van der Waals surface area contributed by atoms with Crippen LogP contribution in [0.4, 0.5) is 0 Å². The van der Waals surface area contributed by atoms with Crippen LogP contribution in [0.5, 0.6) is 0 Å². The van der Waals surface area contributed by atoms with Gasteiger partial charge >= 0.3 is 0 Å². The van der Waals surface area contributed by atoms with Gasteiger partial charge in [-0.1, -0.05) is 34.5 Å².